The molecule has 100 valence electrons. The lowest BCUT2D eigenvalue weighted by atomic mass is 9.96. The maximum absolute atomic E-state index is 5.17. The molecular formula is C15H19N3S. The predicted molar refractivity (Wildman–Crippen MR) is 84.0 cm³/mol. The number of nitrogens with zero attached hydrogens (tertiary/aromatic N) is 1. The van der Waals surface area contributed by atoms with Gasteiger partial charge >= 0.3 is 0 Å². The third kappa shape index (κ3) is 5.22. The van der Waals surface area contributed by atoms with E-state index in [1.165, 1.54) is 12.0 Å². The molecule has 1 unspecified atom stereocenters. The highest BCUT2D eigenvalue weighted by atomic mass is 32.1. The number of nitrogens with one attached hydrogen (secondary N) is 2. The van der Waals surface area contributed by atoms with Gasteiger partial charge in [-0.25, -0.2) is 0 Å². The summed E-state index contributed by atoms with van der Waals surface area (Å²) in [4.78, 5) is 0. The van der Waals surface area contributed by atoms with Crippen LogP contribution in [0.25, 0.3) is 0 Å². The first-order valence-corrected chi connectivity index (χ1v) is 7.01. The SMILES string of the molecule is S=C(NCc1ccccc1)NN=CC1CC=CCC1. The predicted octanol–water partition coefficient (Wildman–Crippen LogP) is 2.99. The topological polar surface area (TPSA) is 36.4 Å². The molecule has 1 aromatic carbocycles. The third-order valence-electron chi connectivity index (χ3n) is 3.06. The summed E-state index contributed by atoms with van der Waals surface area (Å²) in [5.74, 6) is 0.537. The van der Waals surface area contributed by atoms with E-state index in [-0.39, 0.29) is 0 Å². The van der Waals surface area contributed by atoms with Crippen molar-refractivity contribution in [1.29, 1.82) is 0 Å². The minimum absolute atomic E-state index is 0.537. The minimum Gasteiger partial charge on any atom is -0.357 e. The summed E-state index contributed by atoms with van der Waals surface area (Å²) in [6, 6.07) is 10.2. The second-order valence-corrected chi connectivity index (χ2v) is 5.01. The molecule has 0 saturated heterocycles. The molecule has 0 aliphatic heterocycles. The molecule has 0 fully saturated rings. The van der Waals surface area contributed by atoms with Crippen molar-refractivity contribution < 1.29 is 0 Å². The molecule has 4 heteroatoms. The van der Waals surface area contributed by atoms with Gasteiger partial charge in [-0.2, -0.15) is 5.10 Å². The van der Waals surface area contributed by atoms with Crippen LogP contribution in [-0.4, -0.2) is 11.3 Å². The van der Waals surface area contributed by atoms with Gasteiger partial charge in [0.2, 0.25) is 0 Å². The summed E-state index contributed by atoms with van der Waals surface area (Å²) in [6.45, 7) is 0.717. The zero-order chi connectivity index (χ0) is 13.3. The summed E-state index contributed by atoms with van der Waals surface area (Å²) in [7, 11) is 0. The molecule has 0 saturated carbocycles. The Kier molecular flexibility index (Phi) is 5.56. The molecule has 1 aliphatic rings. The van der Waals surface area contributed by atoms with Gasteiger partial charge in [0.25, 0.3) is 0 Å². The van der Waals surface area contributed by atoms with Gasteiger partial charge in [-0.1, -0.05) is 42.5 Å². The molecule has 0 radical (unpaired) electrons. The summed E-state index contributed by atoms with van der Waals surface area (Å²) in [5, 5.41) is 7.89. The number of thiocarbonyl (C=S) groups is 1. The molecule has 0 spiro atoms. The number of benzene rings is 1. The molecule has 2 rings (SSSR count). The minimum atomic E-state index is 0.537. The van der Waals surface area contributed by atoms with E-state index in [9.17, 15) is 0 Å². The van der Waals surface area contributed by atoms with Gasteiger partial charge in [0.05, 0.1) is 0 Å². The molecule has 0 aromatic heterocycles. The van der Waals surface area contributed by atoms with Crippen LogP contribution in [0.2, 0.25) is 0 Å². The highest BCUT2D eigenvalue weighted by Gasteiger charge is 2.06. The van der Waals surface area contributed by atoms with Crippen LogP contribution in [0.15, 0.2) is 47.6 Å². The van der Waals surface area contributed by atoms with Crippen LogP contribution in [0, 0.1) is 5.92 Å². The van der Waals surface area contributed by atoms with E-state index in [1.807, 2.05) is 24.4 Å². The lowest BCUT2D eigenvalue weighted by molar-refractivity contribution is 0.624. The van der Waals surface area contributed by atoms with Crippen molar-refractivity contribution in [2.45, 2.75) is 25.8 Å². The Labute approximate surface area is 119 Å². The number of hydrogen-bond donors (Lipinski definition) is 2. The lowest BCUT2D eigenvalue weighted by Crippen LogP contribution is -2.31. The summed E-state index contributed by atoms with van der Waals surface area (Å²) in [5.41, 5.74) is 4.07. The van der Waals surface area contributed by atoms with Crippen molar-refractivity contribution in [3.05, 3.63) is 48.0 Å². The second-order valence-electron chi connectivity index (χ2n) is 4.60. The molecule has 1 aliphatic carbocycles. The Morgan fingerprint density at radius 2 is 2.16 bits per heavy atom. The van der Waals surface area contributed by atoms with Crippen LogP contribution in [0.5, 0.6) is 0 Å². The van der Waals surface area contributed by atoms with Gasteiger partial charge in [-0.15, -0.1) is 0 Å². The Bertz CT molecular complexity index is 454. The quantitative estimate of drug-likeness (QED) is 0.383. The zero-order valence-corrected chi connectivity index (χ0v) is 11.7. The van der Waals surface area contributed by atoms with E-state index < -0.39 is 0 Å². The van der Waals surface area contributed by atoms with Crippen LogP contribution in [-0.2, 0) is 6.54 Å². The summed E-state index contributed by atoms with van der Waals surface area (Å²) >= 11 is 5.17. The van der Waals surface area contributed by atoms with Crippen LogP contribution < -0.4 is 10.7 Å². The molecule has 2 N–H and O–H groups in total. The molecule has 3 nitrogen and oxygen atoms in total. The highest BCUT2D eigenvalue weighted by molar-refractivity contribution is 7.80. The van der Waals surface area contributed by atoms with Crippen LogP contribution in [0.3, 0.4) is 0 Å². The number of hydrogen-bond acceptors (Lipinski definition) is 2. The van der Waals surface area contributed by atoms with Gasteiger partial charge in [0.15, 0.2) is 5.11 Å². The Balaban J connectivity index is 1.67. The van der Waals surface area contributed by atoms with Crippen molar-refractivity contribution >= 4 is 23.5 Å². The van der Waals surface area contributed by atoms with Crippen LogP contribution >= 0.6 is 12.2 Å². The van der Waals surface area contributed by atoms with Crippen molar-refractivity contribution in [3.8, 4) is 0 Å². The Hall–Kier alpha value is -1.68. The average molecular weight is 273 g/mol. The zero-order valence-electron chi connectivity index (χ0n) is 10.9. The number of allylic oxidation sites excluding steroid dienone is 2. The van der Waals surface area contributed by atoms with Gasteiger partial charge in [-0.05, 0) is 43.0 Å². The van der Waals surface area contributed by atoms with Crippen molar-refractivity contribution in [2.75, 3.05) is 0 Å². The molecule has 19 heavy (non-hydrogen) atoms. The first kappa shape index (κ1) is 13.7. The first-order chi connectivity index (χ1) is 9.34. The van der Waals surface area contributed by atoms with Crippen molar-refractivity contribution in [2.24, 2.45) is 11.0 Å². The smallest absolute Gasteiger partial charge is 0.187 e. The first-order valence-electron chi connectivity index (χ1n) is 6.60. The molecule has 0 heterocycles. The average Bonchev–Trinajstić information content (AvgIpc) is 2.47. The van der Waals surface area contributed by atoms with E-state index in [4.69, 9.17) is 12.2 Å². The maximum atomic E-state index is 5.17. The fourth-order valence-corrected chi connectivity index (χ4v) is 2.10. The lowest BCUT2D eigenvalue weighted by Gasteiger charge is -2.12. The van der Waals surface area contributed by atoms with Crippen LogP contribution in [0.1, 0.15) is 24.8 Å². The standard InChI is InChI=1S/C15H19N3S/c19-15(16-11-13-7-3-1-4-8-13)18-17-12-14-9-5-2-6-10-14/h1-5,7-8,12,14H,6,9-11H2,(H2,16,18,19). The summed E-state index contributed by atoms with van der Waals surface area (Å²) in [6.07, 6.45) is 9.80. The van der Waals surface area contributed by atoms with Gasteiger partial charge < -0.3 is 5.32 Å². The van der Waals surface area contributed by atoms with Gasteiger partial charge in [0, 0.05) is 12.8 Å². The number of hydrazone groups is 1. The van der Waals surface area contributed by atoms with Crippen molar-refractivity contribution in [1.82, 2.24) is 10.7 Å². The van der Waals surface area contributed by atoms with E-state index in [0.29, 0.717) is 17.6 Å². The van der Waals surface area contributed by atoms with E-state index in [1.54, 1.807) is 0 Å². The highest BCUT2D eigenvalue weighted by Crippen LogP contribution is 2.15. The fraction of sp³-hybridized carbons (Fsp3) is 0.333. The van der Waals surface area contributed by atoms with Gasteiger partial charge in [0.1, 0.15) is 0 Å². The monoisotopic (exact) mass is 273 g/mol. The number of rotatable bonds is 4. The fourth-order valence-electron chi connectivity index (χ4n) is 1.97. The molecule has 1 atom stereocenters. The third-order valence-corrected chi connectivity index (χ3v) is 3.29. The molecule has 1 aromatic rings. The van der Waals surface area contributed by atoms with Gasteiger partial charge in [-0.3, -0.25) is 5.43 Å². The molecular weight excluding hydrogens is 254 g/mol. The maximum Gasteiger partial charge on any atom is 0.187 e. The Morgan fingerprint density at radius 3 is 2.89 bits per heavy atom. The molecule has 0 bridgehead atoms. The summed E-state index contributed by atoms with van der Waals surface area (Å²) < 4.78 is 0. The largest absolute Gasteiger partial charge is 0.357 e. The molecule has 0 amide bonds. The normalized spacial score (nSPS) is 18.4. The second kappa shape index (κ2) is 7.69. The van der Waals surface area contributed by atoms with E-state index in [2.05, 4.69) is 40.1 Å². The Morgan fingerprint density at radius 1 is 1.32 bits per heavy atom. The van der Waals surface area contributed by atoms with E-state index in [0.717, 1.165) is 12.8 Å². The van der Waals surface area contributed by atoms with E-state index >= 15 is 0 Å². The van der Waals surface area contributed by atoms with Crippen LogP contribution in [0.4, 0.5) is 0 Å². The van der Waals surface area contributed by atoms with Crippen molar-refractivity contribution in [3.63, 3.8) is 0 Å².